The first kappa shape index (κ1) is 11.3. The Morgan fingerprint density at radius 3 is 3.00 bits per heavy atom. The van der Waals surface area contributed by atoms with Gasteiger partial charge in [-0.3, -0.25) is 0 Å². The maximum Gasteiger partial charge on any atom is 0.502 e. The predicted molar refractivity (Wildman–Crippen MR) is 67.6 cm³/mol. The molecule has 0 aromatic heterocycles. The number of hydrogen-bond donors (Lipinski definition) is 0. The number of nitrogens with zero attached hydrogens (tertiary/aromatic N) is 1. The Morgan fingerprint density at radius 2 is 2.24 bits per heavy atom. The average Bonchev–Trinajstić information content (AvgIpc) is 3.00. The second-order valence-electron chi connectivity index (χ2n) is 4.91. The van der Waals surface area contributed by atoms with E-state index < -0.39 is 0 Å². The maximum absolute atomic E-state index is 5.91. The molecule has 0 unspecified atom stereocenters. The third kappa shape index (κ3) is 2.72. The van der Waals surface area contributed by atoms with Crippen LogP contribution in [-0.4, -0.2) is 44.4 Å². The summed E-state index contributed by atoms with van der Waals surface area (Å²) in [4.78, 5) is 2.49. The van der Waals surface area contributed by atoms with Crippen LogP contribution < -0.4 is 0 Å². The quantitative estimate of drug-likeness (QED) is 0.543. The molecule has 0 bridgehead atoms. The summed E-state index contributed by atoms with van der Waals surface area (Å²) in [5.41, 5.74) is 4.16. The minimum Gasteiger partial charge on any atom is -0.404 e. The number of hydrogen-bond acceptors (Lipinski definition) is 3. The Bertz CT molecular complexity index is 368. The van der Waals surface area contributed by atoms with Crippen molar-refractivity contribution in [2.24, 2.45) is 0 Å². The van der Waals surface area contributed by atoms with E-state index in [2.05, 4.69) is 10.6 Å². The fraction of sp³-hybridized carbons (Fsp3) is 0.615. The van der Waals surface area contributed by atoms with Crippen molar-refractivity contribution in [1.29, 1.82) is 0 Å². The largest absolute Gasteiger partial charge is 0.502 e. The molecule has 1 aliphatic carbocycles. The fourth-order valence-corrected chi connectivity index (χ4v) is 2.63. The molecule has 17 heavy (non-hydrogen) atoms. The van der Waals surface area contributed by atoms with Crippen molar-refractivity contribution in [2.45, 2.75) is 25.4 Å². The van der Waals surface area contributed by atoms with Crippen LogP contribution in [0.25, 0.3) is 0 Å². The molecule has 1 atom stereocenters. The zero-order valence-electron chi connectivity index (χ0n) is 10.1. The molecule has 0 saturated carbocycles. The van der Waals surface area contributed by atoms with Gasteiger partial charge in [0.15, 0.2) is 0 Å². The van der Waals surface area contributed by atoms with E-state index in [-0.39, 0.29) is 13.2 Å². The van der Waals surface area contributed by atoms with Crippen molar-refractivity contribution in [2.75, 3.05) is 26.2 Å². The molecule has 4 heteroatoms. The molecule has 3 rings (SSSR count). The topological polar surface area (TPSA) is 21.7 Å². The van der Waals surface area contributed by atoms with Crippen molar-refractivity contribution in [3.8, 4) is 0 Å². The molecule has 3 aliphatic rings. The lowest BCUT2D eigenvalue weighted by Crippen LogP contribution is -2.37. The molecule has 0 aromatic carbocycles. The van der Waals surface area contributed by atoms with E-state index in [1.54, 1.807) is 0 Å². The summed E-state index contributed by atoms with van der Waals surface area (Å²) in [5, 5.41) is 0. The molecular formula is C13H18BNO2. The van der Waals surface area contributed by atoms with Crippen LogP contribution in [0, 0.1) is 0 Å². The summed E-state index contributed by atoms with van der Waals surface area (Å²) in [7, 11) is -0.195. The Hall–Kier alpha value is -0.795. The average molecular weight is 231 g/mol. The van der Waals surface area contributed by atoms with Gasteiger partial charge in [-0.15, -0.1) is 5.73 Å². The van der Waals surface area contributed by atoms with Gasteiger partial charge in [0.2, 0.25) is 0 Å². The van der Waals surface area contributed by atoms with E-state index in [0.717, 1.165) is 12.0 Å². The molecule has 90 valence electrons. The molecule has 0 spiro atoms. The zero-order chi connectivity index (χ0) is 11.5. The van der Waals surface area contributed by atoms with Crippen LogP contribution in [0.2, 0.25) is 0 Å². The van der Waals surface area contributed by atoms with Crippen molar-refractivity contribution >= 4 is 7.12 Å². The fourth-order valence-electron chi connectivity index (χ4n) is 2.63. The molecule has 0 radical (unpaired) electrons. The van der Waals surface area contributed by atoms with Gasteiger partial charge >= 0.3 is 7.12 Å². The Balaban J connectivity index is 1.50. The van der Waals surface area contributed by atoms with Gasteiger partial charge in [0.1, 0.15) is 0 Å². The summed E-state index contributed by atoms with van der Waals surface area (Å²) in [5.74, 6) is 0. The number of likely N-dealkylation sites (tertiary alicyclic amines) is 1. The summed E-state index contributed by atoms with van der Waals surface area (Å²) in [6.07, 6.45) is 10.1. The van der Waals surface area contributed by atoms with Crippen LogP contribution in [0.15, 0.2) is 29.4 Å². The molecular weight excluding hydrogens is 213 g/mol. The highest BCUT2D eigenvalue weighted by atomic mass is 16.6. The van der Waals surface area contributed by atoms with Crippen LogP contribution in [0.5, 0.6) is 0 Å². The first-order valence-corrected chi connectivity index (χ1v) is 6.54. The zero-order valence-corrected chi connectivity index (χ0v) is 10.1. The lowest BCUT2D eigenvalue weighted by Gasteiger charge is -2.28. The highest BCUT2D eigenvalue weighted by Crippen LogP contribution is 2.19. The van der Waals surface area contributed by atoms with Crippen molar-refractivity contribution < 1.29 is 9.31 Å². The number of allylic oxidation sites excluding steroid dienone is 3. The summed E-state index contributed by atoms with van der Waals surface area (Å²) < 4.78 is 11.6. The SMILES string of the molecule is C1=CC=CC=1B1OC[C@@H](CN2CCCCC2)O1. The monoisotopic (exact) mass is 231 g/mol. The molecule has 2 saturated heterocycles. The maximum atomic E-state index is 5.91. The second-order valence-corrected chi connectivity index (χ2v) is 4.91. The lowest BCUT2D eigenvalue weighted by molar-refractivity contribution is 0.133. The highest BCUT2D eigenvalue weighted by molar-refractivity contribution is 6.55. The molecule has 0 aromatic rings. The molecule has 2 fully saturated rings. The van der Waals surface area contributed by atoms with Gasteiger partial charge in [-0.05, 0) is 32.0 Å². The molecule has 0 N–H and O–H groups in total. The standard InChI is InChI=1S/C13H18BNO2/c1-4-8-15(9-5-1)10-13-11-16-14(17-13)12-6-2-3-7-12/h2-3,6,13H,1,4-5,8-11H2/t13-/m1/s1. The third-order valence-corrected chi connectivity index (χ3v) is 3.54. The van der Waals surface area contributed by atoms with E-state index >= 15 is 0 Å². The highest BCUT2D eigenvalue weighted by Gasteiger charge is 2.35. The Kier molecular flexibility index (Phi) is 3.48. The van der Waals surface area contributed by atoms with Gasteiger partial charge < -0.3 is 14.2 Å². The van der Waals surface area contributed by atoms with Crippen LogP contribution >= 0.6 is 0 Å². The Morgan fingerprint density at radius 1 is 1.35 bits per heavy atom. The van der Waals surface area contributed by atoms with Gasteiger partial charge in [-0.25, -0.2) is 0 Å². The molecule has 0 amide bonds. The van der Waals surface area contributed by atoms with E-state index in [0.29, 0.717) is 6.61 Å². The normalized spacial score (nSPS) is 29.1. The van der Waals surface area contributed by atoms with E-state index in [4.69, 9.17) is 9.31 Å². The van der Waals surface area contributed by atoms with Crippen molar-refractivity contribution in [3.63, 3.8) is 0 Å². The van der Waals surface area contributed by atoms with Crippen LogP contribution in [-0.2, 0) is 9.31 Å². The van der Waals surface area contributed by atoms with Crippen molar-refractivity contribution in [3.05, 3.63) is 29.4 Å². The Labute approximate surface area is 103 Å². The van der Waals surface area contributed by atoms with Gasteiger partial charge in [-0.1, -0.05) is 18.6 Å². The first-order chi connectivity index (χ1) is 8.42. The summed E-state index contributed by atoms with van der Waals surface area (Å²) >= 11 is 0. The van der Waals surface area contributed by atoms with Crippen LogP contribution in [0.3, 0.4) is 0 Å². The minimum atomic E-state index is -0.195. The predicted octanol–water partition coefficient (Wildman–Crippen LogP) is 1.57. The van der Waals surface area contributed by atoms with Crippen molar-refractivity contribution in [1.82, 2.24) is 4.90 Å². The van der Waals surface area contributed by atoms with E-state index in [9.17, 15) is 0 Å². The molecule has 2 heterocycles. The van der Waals surface area contributed by atoms with Gasteiger partial charge in [0.25, 0.3) is 0 Å². The van der Waals surface area contributed by atoms with Gasteiger partial charge in [0, 0.05) is 12.0 Å². The first-order valence-electron chi connectivity index (χ1n) is 6.54. The van der Waals surface area contributed by atoms with E-state index in [1.807, 2.05) is 18.2 Å². The van der Waals surface area contributed by atoms with Gasteiger partial charge in [-0.2, -0.15) is 0 Å². The molecule has 3 nitrogen and oxygen atoms in total. The molecule has 2 aliphatic heterocycles. The van der Waals surface area contributed by atoms with Crippen LogP contribution in [0.4, 0.5) is 0 Å². The van der Waals surface area contributed by atoms with Crippen LogP contribution in [0.1, 0.15) is 19.3 Å². The second kappa shape index (κ2) is 5.24. The van der Waals surface area contributed by atoms with E-state index in [1.165, 1.54) is 32.4 Å². The smallest absolute Gasteiger partial charge is 0.404 e. The summed E-state index contributed by atoms with van der Waals surface area (Å²) in [6, 6.07) is 0. The lowest BCUT2D eigenvalue weighted by atomic mass is 9.80. The number of piperidine rings is 1. The van der Waals surface area contributed by atoms with Gasteiger partial charge in [0.05, 0.1) is 12.7 Å². The summed E-state index contributed by atoms with van der Waals surface area (Å²) in [6.45, 7) is 4.15. The minimum absolute atomic E-state index is 0.195. The number of rotatable bonds is 3. The third-order valence-electron chi connectivity index (χ3n) is 3.54.